The highest BCUT2D eigenvalue weighted by Crippen LogP contribution is 2.30. The Hall–Kier alpha value is -1.29. The van der Waals surface area contributed by atoms with Crippen molar-refractivity contribution in [3.05, 3.63) is 29.8 Å². The maximum absolute atomic E-state index is 12.1. The van der Waals surface area contributed by atoms with E-state index < -0.39 is 0 Å². The lowest BCUT2D eigenvalue weighted by atomic mass is 10.2. The molecule has 0 aromatic heterocycles. The molecule has 1 atom stereocenters. The zero-order valence-electron chi connectivity index (χ0n) is 9.97. The second-order valence-corrected chi connectivity index (χ2v) is 5.48. The van der Waals surface area contributed by atoms with Gasteiger partial charge in [0.05, 0.1) is 10.9 Å². The molecule has 1 aromatic rings. The molecule has 1 aromatic carbocycles. The minimum absolute atomic E-state index is 0.0730. The number of anilines is 1. The third kappa shape index (κ3) is 2.22. The number of hydrogen-bond acceptors (Lipinski definition) is 3. The number of amides is 2. The molecule has 1 aliphatic rings. The van der Waals surface area contributed by atoms with Gasteiger partial charge in [-0.2, -0.15) is 0 Å². The van der Waals surface area contributed by atoms with Gasteiger partial charge in [-0.1, -0.05) is 25.1 Å². The van der Waals surface area contributed by atoms with E-state index in [1.807, 2.05) is 38.1 Å². The summed E-state index contributed by atoms with van der Waals surface area (Å²) in [6, 6.07) is 7.49. The predicted molar refractivity (Wildman–Crippen MR) is 70.2 cm³/mol. The molecule has 0 spiro atoms. The zero-order valence-corrected chi connectivity index (χ0v) is 10.8. The van der Waals surface area contributed by atoms with Gasteiger partial charge in [0.2, 0.25) is 11.8 Å². The first-order valence-corrected chi connectivity index (χ1v) is 6.74. The zero-order chi connectivity index (χ0) is 12.4. The van der Waals surface area contributed by atoms with Gasteiger partial charge in [-0.25, -0.2) is 4.90 Å². The fourth-order valence-corrected chi connectivity index (χ4v) is 2.91. The maximum Gasteiger partial charge on any atom is 0.247 e. The van der Waals surface area contributed by atoms with Crippen LogP contribution in [0.5, 0.6) is 0 Å². The summed E-state index contributed by atoms with van der Waals surface area (Å²) in [6.45, 7) is 3.91. The molecule has 2 rings (SSSR count). The van der Waals surface area contributed by atoms with Gasteiger partial charge < -0.3 is 0 Å². The van der Waals surface area contributed by atoms with Crippen LogP contribution in [-0.2, 0) is 9.59 Å². The molecule has 0 aliphatic carbocycles. The molecule has 1 unspecified atom stereocenters. The van der Waals surface area contributed by atoms with E-state index in [4.69, 9.17) is 0 Å². The van der Waals surface area contributed by atoms with Gasteiger partial charge in [0, 0.05) is 6.42 Å². The lowest BCUT2D eigenvalue weighted by molar-refractivity contribution is -0.121. The third-order valence-corrected chi connectivity index (χ3v) is 3.93. The number of benzene rings is 1. The Morgan fingerprint density at radius 2 is 2.06 bits per heavy atom. The van der Waals surface area contributed by atoms with Crippen molar-refractivity contribution in [1.29, 1.82) is 0 Å². The van der Waals surface area contributed by atoms with E-state index in [-0.39, 0.29) is 17.1 Å². The monoisotopic (exact) mass is 249 g/mol. The van der Waals surface area contributed by atoms with Gasteiger partial charge in [0.15, 0.2) is 0 Å². The first kappa shape index (κ1) is 12.2. The summed E-state index contributed by atoms with van der Waals surface area (Å²) in [5.41, 5.74) is 1.68. The normalized spacial score (nSPS) is 20.1. The van der Waals surface area contributed by atoms with E-state index in [2.05, 4.69) is 0 Å². The van der Waals surface area contributed by atoms with E-state index in [0.29, 0.717) is 6.42 Å². The van der Waals surface area contributed by atoms with E-state index in [0.717, 1.165) is 17.0 Å². The molecule has 3 nitrogen and oxygen atoms in total. The first-order valence-electron chi connectivity index (χ1n) is 5.69. The van der Waals surface area contributed by atoms with Crippen LogP contribution in [0.4, 0.5) is 5.69 Å². The van der Waals surface area contributed by atoms with E-state index in [1.54, 1.807) is 11.8 Å². The van der Waals surface area contributed by atoms with Gasteiger partial charge in [-0.3, -0.25) is 9.59 Å². The van der Waals surface area contributed by atoms with Crippen LogP contribution in [-0.4, -0.2) is 22.8 Å². The van der Waals surface area contributed by atoms with Crippen molar-refractivity contribution in [2.24, 2.45) is 0 Å². The third-order valence-electron chi connectivity index (χ3n) is 2.83. The number of para-hydroxylation sites is 1. The molecule has 2 amide bonds. The molecule has 0 bridgehead atoms. The Kier molecular flexibility index (Phi) is 3.52. The van der Waals surface area contributed by atoms with Gasteiger partial charge in [0.25, 0.3) is 0 Å². The standard InChI is InChI=1S/C13H15NO2S/c1-3-17-11-8-12(15)14(13(11)16)10-7-5-4-6-9(10)2/h4-7,11H,3,8H2,1-2H3. The molecule has 0 saturated carbocycles. The molecular weight excluding hydrogens is 234 g/mol. The molecule has 1 fully saturated rings. The second kappa shape index (κ2) is 4.92. The van der Waals surface area contributed by atoms with Crippen molar-refractivity contribution < 1.29 is 9.59 Å². The molecule has 1 saturated heterocycles. The van der Waals surface area contributed by atoms with Crippen LogP contribution >= 0.6 is 11.8 Å². The molecule has 4 heteroatoms. The van der Waals surface area contributed by atoms with E-state index in [1.165, 1.54) is 4.90 Å². The summed E-state index contributed by atoms with van der Waals surface area (Å²) in [6.07, 6.45) is 0.325. The van der Waals surface area contributed by atoms with E-state index in [9.17, 15) is 9.59 Å². The number of rotatable bonds is 3. The predicted octanol–water partition coefficient (Wildman–Crippen LogP) is 2.38. The number of nitrogens with zero attached hydrogens (tertiary/aromatic N) is 1. The topological polar surface area (TPSA) is 37.4 Å². The highest BCUT2D eigenvalue weighted by atomic mass is 32.2. The Labute approximate surface area is 105 Å². The minimum atomic E-state index is -0.202. The summed E-state index contributed by atoms with van der Waals surface area (Å²) in [4.78, 5) is 25.4. The summed E-state index contributed by atoms with van der Waals surface area (Å²) < 4.78 is 0. The van der Waals surface area contributed by atoms with Gasteiger partial charge in [-0.05, 0) is 24.3 Å². The Morgan fingerprint density at radius 3 is 2.71 bits per heavy atom. The first-order chi connectivity index (χ1) is 8.15. The number of carbonyl (C=O) groups excluding carboxylic acids is 2. The van der Waals surface area contributed by atoms with Crippen LogP contribution < -0.4 is 4.90 Å². The smallest absolute Gasteiger partial charge is 0.247 e. The number of thioether (sulfide) groups is 1. The largest absolute Gasteiger partial charge is 0.274 e. The van der Waals surface area contributed by atoms with Crippen LogP contribution in [0.2, 0.25) is 0 Å². The summed E-state index contributed by atoms with van der Waals surface area (Å²) in [7, 11) is 0. The Morgan fingerprint density at radius 1 is 1.35 bits per heavy atom. The average Bonchev–Trinajstić information content (AvgIpc) is 2.57. The molecule has 0 radical (unpaired) electrons. The maximum atomic E-state index is 12.1. The highest BCUT2D eigenvalue weighted by molar-refractivity contribution is 8.00. The van der Waals surface area contributed by atoms with Crippen LogP contribution in [0.3, 0.4) is 0 Å². The summed E-state index contributed by atoms with van der Waals surface area (Å²) in [5.74, 6) is 0.692. The van der Waals surface area contributed by atoms with Crippen LogP contribution in [0.1, 0.15) is 18.9 Å². The number of imide groups is 1. The van der Waals surface area contributed by atoms with Gasteiger partial charge in [0.1, 0.15) is 0 Å². The van der Waals surface area contributed by atoms with Crippen LogP contribution in [0.25, 0.3) is 0 Å². The lowest BCUT2D eigenvalue weighted by Crippen LogP contribution is -2.31. The fourth-order valence-electron chi connectivity index (χ4n) is 2.00. The average molecular weight is 249 g/mol. The lowest BCUT2D eigenvalue weighted by Gasteiger charge is -2.16. The van der Waals surface area contributed by atoms with Crippen molar-refractivity contribution in [1.82, 2.24) is 0 Å². The van der Waals surface area contributed by atoms with Gasteiger partial charge in [-0.15, -0.1) is 11.8 Å². The number of hydrogen-bond donors (Lipinski definition) is 0. The number of aryl methyl sites for hydroxylation is 1. The fraction of sp³-hybridized carbons (Fsp3) is 0.385. The Balaban J connectivity index is 2.31. The quantitative estimate of drug-likeness (QED) is 0.772. The van der Waals surface area contributed by atoms with Gasteiger partial charge >= 0.3 is 0 Å². The Bertz CT molecular complexity index is 458. The van der Waals surface area contributed by atoms with Crippen LogP contribution in [0.15, 0.2) is 24.3 Å². The summed E-state index contributed by atoms with van der Waals surface area (Å²) >= 11 is 1.54. The number of carbonyl (C=O) groups is 2. The molecular formula is C13H15NO2S. The van der Waals surface area contributed by atoms with Crippen molar-refractivity contribution in [2.75, 3.05) is 10.7 Å². The van der Waals surface area contributed by atoms with Crippen molar-refractivity contribution in [3.63, 3.8) is 0 Å². The van der Waals surface area contributed by atoms with Crippen LogP contribution in [0, 0.1) is 6.92 Å². The molecule has 1 aliphatic heterocycles. The second-order valence-electron chi connectivity index (χ2n) is 4.00. The van der Waals surface area contributed by atoms with Crippen molar-refractivity contribution in [3.8, 4) is 0 Å². The molecule has 0 N–H and O–H groups in total. The minimum Gasteiger partial charge on any atom is -0.274 e. The molecule has 1 heterocycles. The SMILES string of the molecule is CCSC1CC(=O)N(c2ccccc2C)C1=O. The highest BCUT2D eigenvalue weighted by Gasteiger charge is 2.39. The molecule has 17 heavy (non-hydrogen) atoms. The summed E-state index contributed by atoms with van der Waals surface area (Å²) in [5, 5.41) is -0.202. The van der Waals surface area contributed by atoms with Crippen molar-refractivity contribution in [2.45, 2.75) is 25.5 Å². The molecule has 90 valence electrons. The van der Waals surface area contributed by atoms with E-state index >= 15 is 0 Å². The van der Waals surface area contributed by atoms with Crippen molar-refractivity contribution >= 4 is 29.3 Å².